The molecule has 120 valence electrons. The lowest BCUT2D eigenvalue weighted by atomic mass is 10.1. The van der Waals surface area contributed by atoms with E-state index in [0.717, 1.165) is 17.7 Å². The average molecular weight is 313 g/mol. The Hall–Kier alpha value is -2.89. The standard InChI is InChI=1S/C17H19N3O3/c1-3-13-7-4-5-8-15(13)18-11-17(21)19-14-9-6-10-16(12(14)2)20(22)23/h4-10,18H,3,11H2,1-2H3,(H,19,21). The van der Waals surface area contributed by atoms with Crippen molar-refractivity contribution in [1.82, 2.24) is 0 Å². The molecule has 0 fully saturated rings. The molecule has 0 saturated heterocycles. The van der Waals surface area contributed by atoms with Gasteiger partial charge in [-0.2, -0.15) is 0 Å². The number of nitrogens with zero attached hydrogens (tertiary/aromatic N) is 1. The molecular weight excluding hydrogens is 294 g/mol. The van der Waals surface area contributed by atoms with Gasteiger partial charge >= 0.3 is 0 Å². The van der Waals surface area contributed by atoms with Crippen LogP contribution in [0.2, 0.25) is 0 Å². The number of nitro benzene ring substituents is 1. The minimum Gasteiger partial charge on any atom is -0.376 e. The molecule has 2 aromatic carbocycles. The summed E-state index contributed by atoms with van der Waals surface area (Å²) in [5.41, 5.74) is 2.94. The summed E-state index contributed by atoms with van der Waals surface area (Å²) in [6.45, 7) is 3.76. The third kappa shape index (κ3) is 4.06. The Bertz CT molecular complexity index is 729. The van der Waals surface area contributed by atoms with Gasteiger partial charge in [-0.15, -0.1) is 0 Å². The van der Waals surface area contributed by atoms with Crippen LogP contribution in [0, 0.1) is 17.0 Å². The lowest BCUT2D eigenvalue weighted by molar-refractivity contribution is -0.385. The molecule has 6 nitrogen and oxygen atoms in total. The summed E-state index contributed by atoms with van der Waals surface area (Å²) in [7, 11) is 0. The molecule has 0 bridgehead atoms. The fourth-order valence-electron chi connectivity index (χ4n) is 2.33. The van der Waals surface area contributed by atoms with E-state index in [9.17, 15) is 14.9 Å². The van der Waals surface area contributed by atoms with Crippen molar-refractivity contribution in [1.29, 1.82) is 0 Å². The summed E-state index contributed by atoms with van der Waals surface area (Å²) in [5.74, 6) is -0.250. The van der Waals surface area contributed by atoms with E-state index in [1.807, 2.05) is 31.2 Å². The van der Waals surface area contributed by atoms with Crippen LogP contribution in [0.25, 0.3) is 0 Å². The van der Waals surface area contributed by atoms with E-state index in [2.05, 4.69) is 10.6 Å². The molecule has 0 saturated carbocycles. The first-order valence-corrected chi connectivity index (χ1v) is 7.38. The van der Waals surface area contributed by atoms with Crippen LogP contribution in [0.15, 0.2) is 42.5 Å². The maximum atomic E-state index is 12.1. The van der Waals surface area contributed by atoms with Gasteiger partial charge in [0.25, 0.3) is 5.69 Å². The van der Waals surface area contributed by atoms with Gasteiger partial charge < -0.3 is 10.6 Å². The van der Waals surface area contributed by atoms with Gasteiger partial charge in [-0.1, -0.05) is 31.2 Å². The van der Waals surface area contributed by atoms with E-state index in [4.69, 9.17) is 0 Å². The molecular formula is C17H19N3O3. The Morgan fingerprint density at radius 2 is 1.83 bits per heavy atom. The first-order valence-electron chi connectivity index (χ1n) is 7.38. The quantitative estimate of drug-likeness (QED) is 0.631. The van der Waals surface area contributed by atoms with Crippen molar-refractivity contribution in [2.45, 2.75) is 20.3 Å². The SMILES string of the molecule is CCc1ccccc1NCC(=O)Nc1cccc([N+](=O)[O-])c1C. The van der Waals surface area contributed by atoms with Gasteiger partial charge in [0.15, 0.2) is 0 Å². The first-order chi connectivity index (χ1) is 11.0. The van der Waals surface area contributed by atoms with Gasteiger partial charge in [0.05, 0.1) is 22.7 Å². The minimum absolute atomic E-state index is 0.00733. The van der Waals surface area contributed by atoms with Crippen LogP contribution in [0.4, 0.5) is 17.1 Å². The second-order valence-electron chi connectivity index (χ2n) is 5.12. The number of para-hydroxylation sites is 1. The Morgan fingerprint density at radius 3 is 2.52 bits per heavy atom. The van der Waals surface area contributed by atoms with Crippen molar-refractivity contribution >= 4 is 23.0 Å². The zero-order chi connectivity index (χ0) is 16.8. The second-order valence-corrected chi connectivity index (χ2v) is 5.12. The van der Waals surface area contributed by atoms with E-state index in [-0.39, 0.29) is 18.1 Å². The van der Waals surface area contributed by atoms with Crippen molar-refractivity contribution in [2.75, 3.05) is 17.2 Å². The number of aryl methyl sites for hydroxylation is 1. The van der Waals surface area contributed by atoms with Crippen LogP contribution in [0.3, 0.4) is 0 Å². The molecule has 0 unspecified atom stereocenters. The Kier molecular flexibility index (Phi) is 5.30. The van der Waals surface area contributed by atoms with E-state index >= 15 is 0 Å². The lowest BCUT2D eigenvalue weighted by Gasteiger charge is -2.12. The summed E-state index contributed by atoms with van der Waals surface area (Å²) < 4.78 is 0. The molecule has 6 heteroatoms. The van der Waals surface area contributed by atoms with E-state index in [1.165, 1.54) is 6.07 Å². The highest BCUT2D eigenvalue weighted by Gasteiger charge is 2.14. The maximum absolute atomic E-state index is 12.1. The smallest absolute Gasteiger partial charge is 0.274 e. The summed E-state index contributed by atoms with van der Waals surface area (Å²) in [6.07, 6.45) is 0.870. The van der Waals surface area contributed by atoms with E-state index < -0.39 is 4.92 Å². The number of hydrogen-bond donors (Lipinski definition) is 2. The van der Waals surface area contributed by atoms with Crippen molar-refractivity contribution in [3.63, 3.8) is 0 Å². The number of nitrogens with one attached hydrogen (secondary N) is 2. The van der Waals surface area contributed by atoms with Crippen molar-refractivity contribution in [2.24, 2.45) is 0 Å². The van der Waals surface area contributed by atoms with Crippen molar-refractivity contribution in [3.8, 4) is 0 Å². The molecule has 0 radical (unpaired) electrons. The lowest BCUT2D eigenvalue weighted by Crippen LogP contribution is -2.22. The number of amides is 1. The highest BCUT2D eigenvalue weighted by atomic mass is 16.6. The molecule has 0 aromatic heterocycles. The van der Waals surface area contributed by atoms with E-state index in [0.29, 0.717) is 11.3 Å². The highest BCUT2D eigenvalue weighted by Crippen LogP contribution is 2.25. The zero-order valence-electron chi connectivity index (χ0n) is 13.1. The molecule has 0 aliphatic rings. The van der Waals surface area contributed by atoms with Crippen LogP contribution < -0.4 is 10.6 Å². The van der Waals surface area contributed by atoms with Crippen LogP contribution in [0.1, 0.15) is 18.1 Å². The molecule has 2 aromatic rings. The summed E-state index contributed by atoms with van der Waals surface area (Å²) in [4.78, 5) is 22.5. The van der Waals surface area contributed by atoms with Gasteiger partial charge in [0, 0.05) is 11.8 Å². The van der Waals surface area contributed by atoms with Crippen molar-refractivity contribution in [3.05, 3.63) is 63.7 Å². The normalized spacial score (nSPS) is 10.2. The topological polar surface area (TPSA) is 84.3 Å². The van der Waals surface area contributed by atoms with Gasteiger partial charge in [-0.25, -0.2) is 0 Å². The maximum Gasteiger partial charge on any atom is 0.274 e. The number of carbonyl (C=O) groups excluding carboxylic acids is 1. The molecule has 0 atom stereocenters. The van der Waals surface area contributed by atoms with Crippen LogP contribution in [0.5, 0.6) is 0 Å². The molecule has 0 spiro atoms. The number of anilines is 2. The zero-order valence-corrected chi connectivity index (χ0v) is 13.1. The highest BCUT2D eigenvalue weighted by molar-refractivity contribution is 5.95. The van der Waals surface area contributed by atoms with Crippen molar-refractivity contribution < 1.29 is 9.72 Å². The Balaban J connectivity index is 2.03. The molecule has 2 N–H and O–H groups in total. The van der Waals surface area contributed by atoms with Crippen LogP contribution in [-0.4, -0.2) is 17.4 Å². The Labute approximate surface area is 134 Å². The van der Waals surface area contributed by atoms with Gasteiger partial charge in [0.2, 0.25) is 5.91 Å². The monoisotopic (exact) mass is 313 g/mol. The van der Waals surface area contributed by atoms with Gasteiger partial charge in [-0.05, 0) is 31.0 Å². The number of rotatable bonds is 6. The summed E-state index contributed by atoms with van der Waals surface area (Å²) in [6, 6.07) is 12.4. The largest absolute Gasteiger partial charge is 0.376 e. The summed E-state index contributed by atoms with van der Waals surface area (Å²) in [5, 5.41) is 16.7. The van der Waals surface area contributed by atoms with E-state index in [1.54, 1.807) is 19.1 Å². The number of nitro groups is 1. The molecule has 2 rings (SSSR count). The molecule has 0 aliphatic heterocycles. The predicted octanol–water partition coefficient (Wildman–Crippen LogP) is 3.52. The second kappa shape index (κ2) is 7.40. The average Bonchev–Trinajstić information content (AvgIpc) is 2.54. The van der Waals surface area contributed by atoms with Crippen LogP contribution >= 0.6 is 0 Å². The third-order valence-electron chi connectivity index (χ3n) is 3.61. The van der Waals surface area contributed by atoms with Gasteiger partial charge in [0.1, 0.15) is 0 Å². The van der Waals surface area contributed by atoms with Gasteiger partial charge in [-0.3, -0.25) is 14.9 Å². The minimum atomic E-state index is -0.458. The van der Waals surface area contributed by atoms with Crippen LogP contribution in [-0.2, 0) is 11.2 Å². The number of hydrogen-bond acceptors (Lipinski definition) is 4. The number of benzene rings is 2. The molecule has 0 heterocycles. The fraction of sp³-hybridized carbons (Fsp3) is 0.235. The predicted molar refractivity (Wildman–Crippen MR) is 90.8 cm³/mol. The molecule has 0 aliphatic carbocycles. The fourth-order valence-corrected chi connectivity index (χ4v) is 2.33. The first kappa shape index (κ1) is 16.5. The molecule has 1 amide bonds. The number of carbonyl (C=O) groups is 1. The summed E-state index contributed by atoms with van der Waals surface area (Å²) >= 11 is 0. The Morgan fingerprint density at radius 1 is 1.13 bits per heavy atom. The third-order valence-corrected chi connectivity index (χ3v) is 3.61. The molecule has 23 heavy (non-hydrogen) atoms.